The van der Waals surface area contributed by atoms with Crippen LogP contribution in [-0.2, 0) is 22.6 Å². The molecule has 116 valence electrons. The van der Waals surface area contributed by atoms with Crippen LogP contribution < -0.4 is 10.6 Å². The third-order valence-corrected chi connectivity index (χ3v) is 3.07. The average molecular weight is 292 g/mol. The molecule has 0 aromatic heterocycles. The SMILES string of the molecule is CC(C)CNC(=O)C(C)NCc1ccc(CC(=O)O)cc1. The second-order valence-electron chi connectivity index (χ2n) is 5.63. The van der Waals surface area contributed by atoms with E-state index in [-0.39, 0.29) is 18.4 Å². The lowest BCUT2D eigenvalue weighted by Gasteiger charge is -2.15. The van der Waals surface area contributed by atoms with E-state index in [1.54, 1.807) is 12.1 Å². The zero-order valence-corrected chi connectivity index (χ0v) is 12.8. The van der Waals surface area contributed by atoms with Gasteiger partial charge < -0.3 is 15.7 Å². The van der Waals surface area contributed by atoms with Crippen LogP contribution in [0, 0.1) is 5.92 Å². The summed E-state index contributed by atoms with van der Waals surface area (Å²) in [5, 5.41) is 14.7. The van der Waals surface area contributed by atoms with Crippen molar-refractivity contribution in [3.05, 3.63) is 35.4 Å². The van der Waals surface area contributed by atoms with E-state index in [1.165, 1.54) is 0 Å². The maximum atomic E-state index is 11.8. The van der Waals surface area contributed by atoms with Crippen LogP contribution in [0.4, 0.5) is 0 Å². The van der Waals surface area contributed by atoms with Crippen LogP contribution in [0.2, 0.25) is 0 Å². The lowest BCUT2D eigenvalue weighted by molar-refractivity contribution is -0.136. The Morgan fingerprint density at radius 3 is 2.19 bits per heavy atom. The van der Waals surface area contributed by atoms with Crippen molar-refractivity contribution in [1.29, 1.82) is 0 Å². The van der Waals surface area contributed by atoms with Crippen molar-refractivity contribution in [1.82, 2.24) is 10.6 Å². The van der Waals surface area contributed by atoms with Crippen LogP contribution in [0.5, 0.6) is 0 Å². The lowest BCUT2D eigenvalue weighted by Crippen LogP contribution is -2.42. The number of carboxylic acids is 1. The molecule has 0 fully saturated rings. The van der Waals surface area contributed by atoms with Gasteiger partial charge in [0.05, 0.1) is 12.5 Å². The van der Waals surface area contributed by atoms with Crippen molar-refractivity contribution in [3.63, 3.8) is 0 Å². The number of carbonyl (C=O) groups excluding carboxylic acids is 1. The Bertz CT molecular complexity index is 469. The second kappa shape index (κ2) is 8.42. The van der Waals surface area contributed by atoms with Crippen molar-refractivity contribution in [2.45, 2.75) is 39.8 Å². The van der Waals surface area contributed by atoms with Crippen molar-refractivity contribution < 1.29 is 14.7 Å². The molecular formula is C16H24N2O3. The number of rotatable bonds is 8. The van der Waals surface area contributed by atoms with E-state index < -0.39 is 5.97 Å². The number of carboxylic acid groups (broad SMARTS) is 1. The standard InChI is InChI=1S/C16H24N2O3/c1-11(2)9-18-16(21)12(3)17-10-14-6-4-13(5-7-14)8-15(19)20/h4-7,11-12,17H,8-10H2,1-3H3,(H,18,21)(H,19,20). The summed E-state index contributed by atoms with van der Waals surface area (Å²) in [7, 11) is 0. The Hall–Kier alpha value is -1.88. The minimum absolute atomic E-state index is 0.00815. The summed E-state index contributed by atoms with van der Waals surface area (Å²) in [6.45, 7) is 7.18. The fourth-order valence-electron chi connectivity index (χ4n) is 1.77. The quantitative estimate of drug-likeness (QED) is 0.679. The van der Waals surface area contributed by atoms with Crippen molar-refractivity contribution >= 4 is 11.9 Å². The molecule has 1 rings (SSSR count). The topological polar surface area (TPSA) is 78.4 Å². The van der Waals surface area contributed by atoms with Crippen LogP contribution in [0.3, 0.4) is 0 Å². The van der Waals surface area contributed by atoms with Crippen LogP contribution in [0.25, 0.3) is 0 Å². The first-order valence-corrected chi connectivity index (χ1v) is 7.19. The predicted octanol–water partition coefficient (Wildman–Crippen LogP) is 1.56. The molecule has 0 spiro atoms. The minimum atomic E-state index is -0.837. The molecule has 0 aliphatic carbocycles. The summed E-state index contributed by atoms with van der Waals surface area (Å²) < 4.78 is 0. The molecule has 0 bridgehead atoms. The van der Waals surface area contributed by atoms with Crippen LogP contribution >= 0.6 is 0 Å². The number of carbonyl (C=O) groups is 2. The Kier molecular flexibility index (Phi) is 6.88. The van der Waals surface area contributed by atoms with Gasteiger partial charge in [-0.3, -0.25) is 9.59 Å². The highest BCUT2D eigenvalue weighted by molar-refractivity contribution is 5.81. The molecule has 1 unspecified atom stereocenters. The molecule has 0 heterocycles. The normalized spacial score (nSPS) is 12.2. The third-order valence-electron chi connectivity index (χ3n) is 3.07. The van der Waals surface area contributed by atoms with E-state index in [0.717, 1.165) is 11.1 Å². The smallest absolute Gasteiger partial charge is 0.307 e. The van der Waals surface area contributed by atoms with Gasteiger partial charge in [0, 0.05) is 13.1 Å². The van der Waals surface area contributed by atoms with Gasteiger partial charge in [-0.2, -0.15) is 0 Å². The Morgan fingerprint density at radius 1 is 1.10 bits per heavy atom. The molecule has 0 saturated carbocycles. The highest BCUT2D eigenvalue weighted by Gasteiger charge is 2.11. The zero-order valence-electron chi connectivity index (χ0n) is 12.8. The number of aliphatic carboxylic acids is 1. The largest absolute Gasteiger partial charge is 0.481 e. The van der Waals surface area contributed by atoms with Gasteiger partial charge in [-0.15, -0.1) is 0 Å². The number of hydrogen-bond acceptors (Lipinski definition) is 3. The molecule has 0 aliphatic heterocycles. The lowest BCUT2D eigenvalue weighted by atomic mass is 10.1. The van der Waals surface area contributed by atoms with E-state index in [0.29, 0.717) is 19.0 Å². The Morgan fingerprint density at radius 2 is 1.67 bits per heavy atom. The summed E-state index contributed by atoms with van der Waals surface area (Å²) in [4.78, 5) is 22.4. The summed E-state index contributed by atoms with van der Waals surface area (Å²) in [5.74, 6) is -0.412. The van der Waals surface area contributed by atoms with E-state index in [2.05, 4.69) is 24.5 Å². The number of hydrogen-bond donors (Lipinski definition) is 3. The van der Waals surface area contributed by atoms with Gasteiger partial charge in [0.25, 0.3) is 0 Å². The maximum Gasteiger partial charge on any atom is 0.307 e. The molecule has 5 nitrogen and oxygen atoms in total. The summed E-state index contributed by atoms with van der Waals surface area (Å²) in [6.07, 6.45) is 0.0295. The molecule has 0 saturated heterocycles. The molecule has 1 aromatic carbocycles. The molecule has 1 amide bonds. The van der Waals surface area contributed by atoms with E-state index in [4.69, 9.17) is 5.11 Å². The number of nitrogens with one attached hydrogen (secondary N) is 2. The van der Waals surface area contributed by atoms with E-state index >= 15 is 0 Å². The first kappa shape index (κ1) is 17.2. The summed E-state index contributed by atoms with van der Waals surface area (Å²) in [5.41, 5.74) is 1.79. The highest BCUT2D eigenvalue weighted by Crippen LogP contribution is 2.05. The van der Waals surface area contributed by atoms with Crippen molar-refractivity contribution in [2.75, 3.05) is 6.54 Å². The third kappa shape index (κ3) is 6.90. The first-order chi connectivity index (χ1) is 9.88. The maximum absolute atomic E-state index is 11.8. The Labute approximate surface area is 125 Å². The summed E-state index contributed by atoms with van der Waals surface area (Å²) in [6, 6.07) is 7.10. The van der Waals surface area contributed by atoms with Gasteiger partial charge in [0.2, 0.25) is 5.91 Å². The minimum Gasteiger partial charge on any atom is -0.481 e. The van der Waals surface area contributed by atoms with Gasteiger partial charge in [-0.25, -0.2) is 0 Å². The molecular weight excluding hydrogens is 268 g/mol. The zero-order chi connectivity index (χ0) is 15.8. The van der Waals surface area contributed by atoms with Crippen LogP contribution in [0.1, 0.15) is 31.9 Å². The molecule has 21 heavy (non-hydrogen) atoms. The van der Waals surface area contributed by atoms with Crippen LogP contribution in [0.15, 0.2) is 24.3 Å². The molecule has 5 heteroatoms. The second-order valence-corrected chi connectivity index (χ2v) is 5.63. The number of benzene rings is 1. The average Bonchev–Trinajstić information content (AvgIpc) is 2.43. The van der Waals surface area contributed by atoms with Gasteiger partial charge in [-0.05, 0) is 24.0 Å². The van der Waals surface area contributed by atoms with Crippen molar-refractivity contribution in [3.8, 4) is 0 Å². The van der Waals surface area contributed by atoms with Gasteiger partial charge in [0.15, 0.2) is 0 Å². The van der Waals surface area contributed by atoms with Gasteiger partial charge >= 0.3 is 5.97 Å². The molecule has 0 radical (unpaired) electrons. The highest BCUT2D eigenvalue weighted by atomic mass is 16.4. The first-order valence-electron chi connectivity index (χ1n) is 7.19. The fourth-order valence-corrected chi connectivity index (χ4v) is 1.77. The monoisotopic (exact) mass is 292 g/mol. The van der Waals surface area contributed by atoms with Crippen LogP contribution in [-0.4, -0.2) is 29.6 Å². The van der Waals surface area contributed by atoms with Gasteiger partial charge in [0.1, 0.15) is 0 Å². The Balaban J connectivity index is 2.40. The fraction of sp³-hybridized carbons (Fsp3) is 0.500. The predicted molar refractivity (Wildman–Crippen MR) is 81.9 cm³/mol. The van der Waals surface area contributed by atoms with Gasteiger partial charge in [-0.1, -0.05) is 38.1 Å². The summed E-state index contributed by atoms with van der Waals surface area (Å²) >= 11 is 0. The molecule has 1 aromatic rings. The molecule has 0 aliphatic rings. The molecule has 3 N–H and O–H groups in total. The van der Waals surface area contributed by atoms with E-state index in [1.807, 2.05) is 19.1 Å². The molecule has 1 atom stereocenters. The van der Waals surface area contributed by atoms with Crippen molar-refractivity contribution in [2.24, 2.45) is 5.92 Å². The van der Waals surface area contributed by atoms with E-state index in [9.17, 15) is 9.59 Å². The number of amides is 1.